The minimum Gasteiger partial charge on any atom is -0.459 e. The number of hydrogen-bond donors (Lipinski definition) is 1. The van der Waals surface area contributed by atoms with Crippen molar-refractivity contribution in [2.45, 2.75) is 19.4 Å². The maximum Gasteiger partial charge on any atom is 0.134 e. The van der Waals surface area contributed by atoms with Crippen LogP contribution in [-0.4, -0.2) is 0 Å². The topological polar surface area (TPSA) is 39.2 Å². The predicted octanol–water partition coefficient (Wildman–Crippen LogP) is 4.04. The number of rotatable bonds is 3. The Morgan fingerprint density at radius 3 is 2.47 bits per heavy atom. The fraction of sp³-hybridized carbons (Fsp3) is 0.176. The van der Waals surface area contributed by atoms with Crippen LogP contribution in [-0.2, 0) is 6.42 Å². The molecule has 1 aromatic heterocycles. The smallest absolute Gasteiger partial charge is 0.134 e. The number of fused-ring (bicyclic) bond motifs is 1. The normalized spacial score (nSPS) is 12.7. The Bertz CT molecular complexity index is 649. The second-order valence-electron chi connectivity index (χ2n) is 4.76. The molecule has 0 aliphatic rings. The highest BCUT2D eigenvalue weighted by atomic mass is 16.3. The Labute approximate surface area is 112 Å². The molecule has 2 N–H and O–H groups in total. The Morgan fingerprint density at radius 2 is 1.79 bits per heavy atom. The van der Waals surface area contributed by atoms with Gasteiger partial charge in [-0.05, 0) is 29.7 Å². The molecule has 0 aliphatic carbocycles. The second kappa shape index (κ2) is 4.90. The van der Waals surface area contributed by atoms with Crippen LogP contribution in [0.25, 0.3) is 11.0 Å². The molecule has 1 atom stereocenters. The van der Waals surface area contributed by atoms with Crippen LogP contribution in [0.15, 0.2) is 59.0 Å². The molecule has 96 valence electrons. The van der Waals surface area contributed by atoms with Crippen molar-refractivity contribution >= 4 is 11.0 Å². The van der Waals surface area contributed by atoms with Crippen LogP contribution in [0.4, 0.5) is 0 Å². The van der Waals surface area contributed by atoms with Gasteiger partial charge in [0, 0.05) is 5.39 Å². The summed E-state index contributed by atoms with van der Waals surface area (Å²) in [4.78, 5) is 0. The van der Waals surface area contributed by atoms with Gasteiger partial charge in [-0.25, -0.2) is 0 Å². The van der Waals surface area contributed by atoms with Crippen LogP contribution >= 0.6 is 0 Å². The van der Waals surface area contributed by atoms with E-state index in [4.69, 9.17) is 10.2 Å². The highest BCUT2D eigenvalue weighted by Crippen LogP contribution is 2.26. The van der Waals surface area contributed by atoms with Crippen molar-refractivity contribution in [2.24, 2.45) is 5.73 Å². The van der Waals surface area contributed by atoms with Crippen LogP contribution in [0.3, 0.4) is 0 Å². The summed E-state index contributed by atoms with van der Waals surface area (Å²) in [5.74, 6) is 0.811. The summed E-state index contributed by atoms with van der Waals surface area (Å²) in [5.41, 5.74) is 9.56. The fourth-order valence-corrected chi connectivity index (χ4v) is 2.28. The molecule has 0 bridgehead atoms. The van der Waals surface area contributed by atoms with Crippen molar-refractivity contribution < 1.29 is 4.42 Å². The van der Waals surface area contributed by atoms with E-state index in [0.717, 1.165) is 28.7 Å². The van der Waals surface area contributed by atoms with E-state index >= 15 is 0 Å². The molecular formula is C17H17NO. The first kappa shape index (κ1) is 12.0. The van der Waals surface area contributed by atoms with Crippen LogP contribution in [0, 0.1) is 0 Å². The average Bonchev–Trinajstić information content (AvgIpc) is 2.90. The first-order chi connectivity index (χ1) is 9.28. The monoisotopic (exact) mass is 251 g/mol. The number of benzene rings is 2. The highest BCUT2D eigenvalue weighted by molar-refractivity contribution is 5.77. The van der Waals surface area contributed by atoms with Gasteiger partial charge >= 0.3 is 0 Å². The predicted molar refractivity (Wildman–Crippen MR) is 78.1 cm³/mol. The van der Waals surface area contributed by atoms with Gasteiger partial charge in [-0.3, -0.25) is 0 Å². The summed E-state index contributed by atoms with van der Waals surface area (Å²) >= 11 is 0. The molecule has 0 saturated carbocycles. The number of furan rings is 1. The van der Waals surface area contributed by atoms with E-state index in [1.54, 1.807) is 0 Å². The van der Waals surface area contributed by atoms with Crippen LogP contribution in [0.1, 0.15) is 29.9 Å². The molecule has 0 aliphatic heterocycles. The molecule has 0 spiro atoms. The Hall–Kier alpha value is -2.06. The summed E-state index contributed by atoms with van der Waals surface area (Å²) in [7, 11) is 0. The molecule has 2 nitrogen and oxygen atoms in total. The molecule has 2 heteroatoms. The van der Waals surface area contributed by atoms with Gasteiger partial charge < -0.3 is 10.2 Å². The minimum absolute atomic E-state index is 0.210. The summed E-state index contributed by atoms with van der Waals surface area (Å²) in [6.45, 7) is 2.15. The van der Waals surface area contributed by atoms with Crippen LogP contribution < -0.4 is 5.73 Å². The van der Waals surface area contributed by atoms with Crippen molar-refractivity contribution in [3.63, 3.8) is 0 Å². The second-order valence-corrected chi connectivity index (χ2v) is 4.76. The lowest BCUT2D eigenvalue weighted by Crippen LogP contribution is -2.10. The zero-order valence-corrected chi connectivity index (χ0v) is 11.0. The average molecular weight is 251 g/mol. The Balaban J connectivity index is 1.95. The van der Waals surface area contributed by atoms with E-state index < -0.39 is 0 Å². The van der Waals surface area contributed by atoms with Crippen LogP contribution in [0.2, 0.25) is 0 Å². The zero-order valence-electron chi connectivity index (χ0n) is 11.0. The van der Waals surface area contributed by atoms with Crippen molar-refractivity contribution in [3.05, 3.63) is 71.5 Å². The van der Waals surface area contributed by atoms with E-state index in [0.29, 0.717) is 0 Å². The number of nitrogens with two attached hydrogens (primary N) is 1. The zero-order chi connectivity index (χ0) is 13.2. The standard InChI is InChI=1S/C17H17NO/c1-2-12-7-9-13(10-8-12)17(18)16-11-14-5-3-4-6-15(14)19-16/h3-11,17H,2,18H2,1H3. The van der Waals surface area contributed by atoms with Crippen LogP contribution in [0.5, 0.6) is 0 Å². The Morgan fingerprint density at radius 1 is 1.05 bits per heavy atom. The van der Waals surface area contributed by atoms with E-state index in [-0.39, 0.29) is 6.04 Å². The lowest BCUT2D eigenvalue weighted by molar-refractivity contribution is 0.525. The van der Waals surface area contributed by atoms with E-state index in [9.17, 15) is 0 Å². The maximum atomic E-state index is 6.28. The summed E-state index contributed by atoms with van der Waals surface area (Å²) in [6.07, 6.45) is 1.04. The molecule has 1 unspecified atom stereocenters. The molecule has 3 rings (SSSR count). The van der Waals surface area contributed by atoms with Crippen molar-refractivity contribution in [1.29, 1.82) is 0 Å². The molecule has 0 fully saturated rings. The largest absolute Gasteiger partial charge is 0.459 e. The molecule has 1 heterocycles. The maximum absolute atomic E-state index is 6.28. The van der Waals surface area contributed by atoms with Gasteiger partial charge in [-0.1, -0.05) is 49.4 Å². The molecule has 0 saturated heterocycles. The summed E-state index contributed by atoms with van der Waals surface area (Å²) < 4.78 is 5.82. The summed E-state index contributed by atoms with van der Waals surface area (Å²) in [5, 5.41) is 1.10. The Kier molecular flexibility index (Phi) is 3.10. The first-order valence-electron chi connectivity index (χ1n) is 6.61. The minimum atomic E-state index is -0.210. The number of para-hydroxylation sites is 1. The summed E-state index contributed by atoms with van der Waals surface area (Å²) in [6, 6.07) is 18.2. The van der Waals surface area contributed by atoms with Crippen molar-refractivity contribution in [2.75, 3.05) is 0 Å². The molecule has 3 aromatic rings. The molecule has 2 aromatic carbocycles. The third-order valence-electron chi connectivity index (χ3n) is 3.50. The van der Waals surface area contributed by atoms with Gasteiger partial charge in [0.05, 0.1) is 6.04 Å². The molecule has 0 amide bonds. The van der Waals surface area contributed by atoms with Gasteiger partial charge in [0.1, 0.15) is 11.3 Å². The van der Waals surface area contributed by atoms with Gasteiger partial charge in [0.15, 0.2) is 0 Å². The third kappa shape index (κ3) is 2.27. The first-order valence-corrected chi connectivity index (χ1v) is 6.61. The lowest BCUT2D eigenvalue weighted by Gasteiger charge is -2.09. The van der Waals surface area contributed by atoms with Gasteiger partial charge in [0.25, 0.3) is 0 Å². The molecule has 19 heavy (non-hydrogen) atoms. The van der Waals surface area contributed by atoms with Crippen molar-refractivity contribution in [3.8, 4) is 0 Å². The fourth-order valence-electron chi connectivity index (χ4n) is 2.28. The lowest BCUT2D eigenvalue weighted by atomic mass is 10.0. The quantitative estimate of drug-likeness (QED) is 0.763. The van der Waals surface area contributed by atoms with Gasteiger partial charge in [-0.15, -0.1) is 0 Å². The van der Waals surface area contributed by atoms with E-state index in [1.807, 2.05) is 30.3 Å². The van der Waals surface area contributed by atoms with E-state index in [2.05, 4.69) is 31.2 Å². The number of hydrogen-bond acceptors (Lipinski definition) is 2. The number of aryl methyl sites for hydroxylation is 1. The SMILES string of the molecule is CCc1ccc(C(N)c2cc3ccccc3o2)cc1. The van der Waals surface area contributed by atoms with Gasteiger partial charge in [-0.2, -0.15) is 0 Å². The molecule has 0 radical (unpaired) electrons. The van der Waals surface area contributed by atoms with Gasteiger partial charge in [0.2, 0.25) is 0 Å². The highest BCUT2D eigenvalue weighted by Gasteiger charge is 2.13. The molecular weight excluding hydrogens is 234 g/mol. The van der Waals surface area contributed by atoms with Crippen molar-refractivity contribution in [1.82, 2.24) is 0 Å². The van der Waals surface area contributed by atoms with E-state index in [1.165, 1.54) is 5.56 Å². The third-order valence-corrected chi connectivity index (χ3v) is 3.50.